The number of nitrogens with zero attached hydrogens (tertiary/aromatic N) is 1. The van der Waals surface area contributed by atoms with Gasteiger partial charge in [-0.1, -0.05) is 0 Å². The Balaban J connectivity index is 1.60. The summed E-state index contributed by atoms with van der Waals surface area (Å²) in [5, 5.41) is 5.57. The van der Waals surface area contributed by atoms with E-state index < -0.39 is 0 Å². The average molecular weight is 211 g/mol. The van der Waals surface area contributed by atoms with Gasteiger partial charge in [-0.3, -0.25) is 0 Å². The van der Waals surface area contributed by atoms with Gasteiger partial charge in [0.2, 0.25) is 0 Å². The molecule has 1 aliphatic rings. The molecule has 0 spiro atoms. The molecule has 2 rings (SSSR count). The molecule has 0 unspecified atom stereocenters. The molecule has 1 aliphatic carbocycles. The first kappa shape index (κ1) is 10.1. The molecule has 1 fully saturated rings. The van der Waals surface area contributed by atoms with E-state index in [1.165, 1.54) is 18.5 Å². The van der Waals surface area contributed by atoms with E-state index in [4.69, 9.17) is 5.73 Å². The fourth-order valence-electron chi connectivity index (χ4n) is 1.56. The highest BCUT2D eigenvalue weighted by Crippen LogP contribution is 2.43. The lowest BCUT2D eigenvalue weighted by Crippen LogP contribution is -2.30. The van der Waals surface area contributed by atoms with E-state index in [0.29, 0.717) is 5.41 Å². The van der Waals surface area contributed by atoms with Crippen molar-refractivity contribution in [2.75, 3.05) is 19.6 Å². The highest BCUT2D eigenvalue weighted by atomic mass is 32.1. The van der Waals surface area contributed by atoms with Gasteiger partial charge in [0, 0.05) is 24.9 Å². The number of rotatable bonds is 6. The van der Waals surface area contributed by atoms with Crippen LogP contribution in [0.15, 0.2) is 10.9 Å². The molecule has 0 amide bonds. The summed E-state index contributed by atoms with van der Waals surface area (Å²) in [6.07, 6.45) is 3.63. The summed E-state index contributed by atoms with van der Waals surface area (Å²) in [6.45, 7) is 2.93. The zero-order valence-corrected chi connectivity index (χ0v) is 9.15. The van der Waals surface area contributed by atoms with Crippen LogP contribution in [-0.2, 0) is 6.42 Å². The van der Waals surface area contributed by atoms with Gasteiger partial charge in [0.15, 0.2) is 0 Å². The van der Waals surface area contributed by atoms with Crippen molar-refractivity contribution in [2.45, 2.75) is 19.3 Å². The Morgan fingerprint density at radius 3 is 3.00 bits per heavy atom. The largest absolute Gasteiger partial charge is 0.330 e. The zero-order chi connectivity index (χ0) is 9.86. The van der Waals surface area contributed by atoms with Crippen LogP contribution in [0.2, 0.25) is 0 Å². The van der Waals surface area contributed by atoms with Crippen molar-refractivity contribution in [3.05, 3.63) is 16.6 Å². The van der Waals surface area contributed by atoms with Crippen molar-refractivity contribution in [3.8, 4) is 0 Å². The lowest BCUT2D eigenvalue weighted by atomic mass is 10.1. The minimum absolute atomic E-state index is 0.447. The van der Waals surface area contributed by atoms with Gasteiger partial charge >= 0.3 is 0 Å². The molecule has 14 heavy (non-hydrogen) atoms. The Kier molecular flexibility index (Phi) is 3.15. The van der Waals surface area contributed by atoms with Crippen LogP contribution in [0.5, 0.6) is 0 Å². The van der Waals surface area contributed by atoms with E-state index in [1.807, 2.05) is 5.51 Å². The second-order valence-electron chi connectivity index (χ2n) is 4.11. The number of aromatic nitrogens is 1. The summed E-state index contributed by atoms with van der Waals surface area (Å²) in [7, 11) is 0. The van der Waals surface area contributed by atoms with Crippen LogP contribution >= 0.6 is 11.3 Å². The van der Waals surface area contributed by atoms with Crippen LogP contribution in [0.1, 0.15) is 18.5 Å². The highest BCUT2D eigenvalue weighted by molar-refractivity contribution is 7.07. The standard InChI is InChI=1S/C10H17N3S/c11-6-10(2-3-10)7-12-4-1-9-5-14-8-13-9/h5,8,12H,1-4,6-7,11H2. The second kappa shape index (κ2) is 4.38. The van der Waals surface area contributed by atoms with Crippen molar-refractivity contribution < 1.29 is 0 Å². The van der Waals surface area contributed by atoms with Gasteiger partial charge in [-0.25, -0.2) is 4.98 Å². The number of hydrogen-bond acceptors (Lipinski definition) is 4. The second-order valence-corrected chi connectivity index (χ2v) is 4.83. The predicted molar refractivity (Wildman–Crippen MR) is 59.4 cm³/mol. The summed E-state index contributed by atoms with van der Waals surface area (Å²) in [5.74, 6) is 0. The van der Waals surface area contributed by atoms with Gasteiger partial charge < -0.3 is 11.1 Å². The molecule has 1 saturated carbocycles. The molecule has 1 aromatic rings. The average Bonchev–Trinajstić information content (AvgIpc) is 2.81. The first-order valence-corrected chi connectivity index (χ1v) is 6.07. The lowest BCUT2D eigenvalue weighted by Gasteiger charge is -2.12. The van der Waals surface area contributed by atoms with Crippen LogP contribution in [0, 0.1) is 5.41 Å². The lowest BCUT2D eigenvalue weighted by molar-refractivity contribution is 0.470. The van der Waals surface area contributed by atoms with E-state index in [1.54, 1.807) is 11.3 Å². The molecule has 1 aromatic heterocycles. The molecule has 78 valence electrons. The normalized spacial score (nSPS) is 18.4. The molecule has 4 heteroatoms. The molecule has 0 saturated heterocycles. The molecular weight excluding hydrogens is 194 g/mol. The summed E-state index contributed by atoms with van der Waals surface area (Å²) in [4.78, 5) is 4.24. The number of nitrogens with one attached hydrogen (secondary N) is 1. The zero-order valence-electron chi connectivity index (χ0n) is 8.33. The number of nitrogens with two attached hydrogens (primary N) is 1. The van der Waals surface area contributed by atoms with Crippen molar-refractivity contribution in [1.82, 2.24) is 10.3 Å². The first-order valence-electron chi connectivity index (χ1n) is 5.13. The molecule has 0 aliphatic heterocycles. The van der Waals surface area contributed by atoms with Crippen LogP contribution < -0.4 is 11.1 Å². The van der Waals surface area contributed by atoms with Gasteiger partial charge in [0.25, 0.3) is 0 Å². The number of thiazole rings is 1. The van der Waals surface area contributed by atoms with E-state index in [0.717, 1.165) is 26.1 Å². The van der Waals surface area contributed by atoms with E-state index in [2.05, 4.69) is 15.7 Å². The summed E-state index contributed by atoms with van der Waals surface area (Å²) < 4.78 is 0. The Hall–Kier alpha value is -0.450. The predicted octanol–water partition coefficient (Wildman–Crippen LogP) is 1.01. The van der Waals surface area contributed by atoms with Crippen LogP contribution in [0.4, 0.5) is 0 Å². The van der Waals surface area contributed by atoms with E-state index in [-0.39, 0.29) is 0 Å². The van der Waals surface area contributed by atoms with Gasteiger partial charge in [0.1, 0.15) is 0 Å². The van der Waals surface area contributed by atoms with Crippen molar-refractivity contribution in [2.24, 2.45) is 11.1 Å². The Labute approximate surface area is 88.7 Å². The van der Waals surface area contributed by atoms with Crippen LogP contribution in [0.25, 0.3) is 0 Å². The van der Waals surface area contributed by atoms with E-state index in [9.17, 15) is 0 Å². The molecule has 0 aromatic carbocycles. The van der Waals surface area contributed by atoms with Gasteiger partial charge in [-0.05, 0) is 24.8 Å². The summed E-state index contributed by atoms with van der Waals surface area (Å²) in [6, 6.07) is 0. The fourth-order valence-corrected chi connectivity index (χ4v) is 2.15. The smallest absolute Gasteiger partial charge is 0.0794 e. The minimum Gasteiger partial charge on any atom is -0.330 e. The first-order chi connectivity index (χ1) is 6.85. The molecular formula is C10H17N3S. The third-order valence-electron chi connectivity index (χ3n) is 2.93. The Bertz CT molecular complexity index is 267. The van der Waals surface area contributed by atoms with Crippen molar-refractivity contribution in [1.29, 1.82) is 0 Å². The van der Waals surface area contributed by atoms with Crippen LogP contribution in [-0.4, -0.2) is 24.6 Å². The van der Waals surface area contributed by atoms with Gasteiger partial charge in [0.05, 0.1) is 11.2 Å². The fraction of sp³-hybridized carbons (Fsp3) is 0.700. The molecule has 0 radical (unpaired) electrons. The van der Waals surface area contributed by atoms with E-state index >= 15 is 0 Å². The SMILES string of the molecule is NCC1(CNCCc2cscn2)CC1. The minimum atomic E-state index is 0.447. The topological polar surface area (TPSA) is 50.9 Å². The molecule has 1 heterocycles. The summed E-state index contributed by atoms with van der Waals surface area (Å²) >= 11 is 1.66. The summed E-state index contributed by atoms with van der Waals surface area (Å²) in [5.41, 5.74) is 9.22. The Morgan fingerprint density at radius 2 is 2.43 bits per heavy atom. The van der Waals surface area contributed by atoms with Gasteiger partial charge in [-0.15, -0.1) is 11.3 Å². The molecule has 3 nitrogen and oxygen atoms in total. The maximum atomic E-state index is 5.69. The van der Waals surface area contributed by atoms with Crippen LogP contribution in [0.3, 0.4) is 0 Å². The third kappa shape index (κ3) is 2.53. The highest BCUT2D eigenvalue weighted by Gasteiger charge is 2.40. The van der Waals surface area contributed by atoms with Gasteiger partial charge in [-0.2, -0.15) is 0 Å². The van der Waals surface area contributed by atoms with Crippen molar-refractivity contribution >= 4 is 11.3 Å². The molecule has 3 N–H and O–H groups in total. The maximum absolute atomic E-state index is 5.69. The number of hydrogen-bond donors (Lipinski definition) is 2. The maximum Gasteiger partial charge on any atom is 0.0794 e. The quantitative estimate of drug-likeness (QED) is 0.691. The van der Waals surface area contributed by atoms with Crippen molar-refractivity contribution in [3.63, 3.8) is 0 Å². The Morgan fingerprint density at radius 1 is 1.57 bits per heavy atom. The third-order valence-corrected chi connectivity index (χ3v) is 3.57. The monoisotopic (exact) mass is 211 g/mol. The molecule has 0 atom stereocenters. The molecule has 0 bridgehead atoms.